The normalized spacial score (nSPS) is 10.6. The third-order valence-electron chi connectivity index (χ3n) is 1.21. The van der Waals surface area contributed by atoms with Crippen molar-refractivity contribution in [2.75, 3.05) is 0 Å². The fourth-order valence-corrected chi connectivity index (χ4v) is 0.632. The Hall–Kier alpha value is -1.43. The Morgan fingerprint density at radius 2 is 2.27 bits per heavy atom. The number of aromatic nitrogens is 1. The van der Waals surface area contributed by atoms with Crippen molar-refractivity contribution in [3.63, 3.8) is 0 Å². The molecule has 3 heteroatoms. The molecular formula is C8H5F2N. The van der Waals surface area contributed by atoms with E-state index >= 15 is 0 Å². The van der Waals surface area contributed by atoms with E-state index in [-0.39, 0.29) is 5.56 Å². The SMILES string of the molecule is C#CC(F)(F)c1cccnc1. The third-order valence-corrected chi connectivity index (χ3v) is 1.21. The molecule has 0 aliphatic carbocycles. The van der Waals surface area contributed by atoms with E-state index in [1.54, 1.807) is 0 Å². The van der Waals surface area contributed by atoms with Crippen molar-refractivity contribution in [2.45, 2.75) is 5.92 Å². The van der Waals surface area contributed by atoms with Crippen LogP contribution in [0.5, 0.6) is 0 Å². The van der Waals surface area contributed by atoms with Gasteiger partial charge in [0.15, 0.2) is 0 Å². The van der Waals surface area contributed by atoms with Gasteiger partial charge in [-0.15, -0.1) is 6.42 Å². The van der Waals surface area contributed by atoms with Gasteiger partial charge in [0.2, 0.25) is 0 Å². The van der Waals surface area contributed by atoms with Crippen LogP contribution in [0.3, 0.4) is 0 Å². The van der Waals surface area contributed by atoms with Gasteiger partial charge in [0, 0.05) is 12.4 Å². The number of terminal acetylenes is 1. The molecule has 1 aromatic heterocycles. The summed E-state index contributed by atoms with van der Waals surface area (Å²) in [4.78, 5) is 3.52. The van der Waals surface area contributed by atoms with Crippen molar-refractivity contribution in [3.8, 4) is 12.3 Å². The van der Waals surface area contributed by atoms with E-state index in [4.69, 9.17) is 0 Å². The minimum Gasteiger partial charge on any atom is -0.264 e. The second-order valence-corrected chi connectivity index (χ2v) is 1.96. The minimum absolute atomic E-state index is 0.248. The lowest BCUT2D eigenvalue weighted by Gasteiger charge is -2.06. The standard InChI is InChI=1S/C8H5F2N/c1-2-8(9,10)7-4-3-5-11-6-7/h1,3-6H. The van der Waals surface area contributed by atoms with Crippen molar-refractivity contribution in [1.82, 2.24) is 4.98 Å². The lowest BCUT2D eigenvalue weighted by atomic mass is 10.2. The highest BCUT2D eigenvalue weighted by atomic mass is 19.3. The second-order valence-electron chi connectivity index (χ2n) is 1.96. The predicted molar refractivity (Wildman–Crippen MR) is 37.0 cm³/mol. The summed E-state index contributed by atoms with van der Waals surface area (Å²) in [5.74, 6) is -1.82. The van der Waals surface area contributed by atoms with Crippen LogP contribution in [0.2, 0.25) is 0 Å². The molecule has 0 saturated carbocycles. The Labute approximate surface area is 63.1 Å². The molecule has 0 spiro atoms. The van der Waals surface area contributed by atoms with E-state index in [1.807, 2.05) is 0 Å². The molecule has 1 nitrogen and oxygen atoms in total. The fraction of sp³-hybridized carbons (Fsp3) is 0.125. The maximum Gasteiger partial charge on any atom is 0.334 e. The van der Waals surface area contributed by atoms with E-state index in [9.17, 15) is 8.78 Å². The molecule has 1 rings (SSSR count). The van der Waals surface area contributed by atoms with Gasteiger partial charge in [0.25, 0.3) is 0 Å². The zero-order valence-corrected chi connectivity index (χ0v) is 5.59. The Bertz CT molecular complexity index is 274. The summed E-state index contributed by atoms with van der Waals surface area (Å²) in [6.07, 6.45) is 7.08. The summed E-state index contributed by atoms with van der Waals surface area (Å²) in [7, 11) is 0. The van der Waals surface area contributed by atoms with Gasteiger partial charge in [0.1, 0.15) is 0 Å². The van der Waals surface area contributed by atoms with Gasteiger partial charge in [0.05, 0.1) is 5.56 Å². The van der Waals surface area contributed by atoms with Gasteiger partial charge in [-0.2, -0.15) is 8.78 Å². The molecule has 0 atom stereocenters. The van der Waals surface area contributed by atoms with Gasteiger partial charge in [-0.1, -0.05) is 0 Å². The predicted octanol–water partition coefficient (Wildman–Crippen LogP) is 1.81. The molecule has 0 aliphatic heterocycles. The highest BCUT2D eigenvalue weighted by Gasteiger charge is 2.27. The number of pyridine rings is 1. The zero-order valence-electron chi connectivity index (χ0n) is 5.59. The summed E-state index contributed by atoms with van der Waals surface area (Å²) < 4.78 is 25.2. The second kappa shape index (κ2) is 2.67. The van der Waals surface area contributed by atoms with Crippen LogP contribution < -0.4 is 0 Å². The molecule has 0 bridgehead atoms. The quantitative estimate of drug-likeness (QED) is 0.560. The first-order chi connectivity index (χ1) is 5.17. The molecule has 0 N–H and O–H groups in total. The molecule has 0 radical (unpaired) electrons. The molecule has 0 unspecified atom stereocenters. The first kappa shape index (κ1) is 7.67. The van der Waals surface area contributed by atoms with Crippen molar-refractivity contribution in [3.05, 3.63) is 30.1 Å². The Morgan fingerprint density at radius 3 is 2.73 bits per heavy atom. The van der Waals surface area contributed by atoms with E-state index in [0.29, 0.717) is 0 Å². The van der Waals surface area contributed by atoms with Gasteiger partial charge in [-0.3, -0.25) is 4.98 Å². The largest absolute Gasteiger partial charge is 0.334 e. The molecular weight excluding hydrogens is 148 g/mol. The molecule has 0 amide bonds. The Balaban J connectivity index is 3.05. The molecule has 1 aromatic rings. The Kier molecular flexibility index (Phi) is 1.86. The number of alkyl halides is 2. The number of halogens is 2. The van der Waals surface area contributed by atoms with Gasteiger partial charge in [-0.25, -0.2) is 0 Å². The molecule has 0 fully saturated rings. The lowest BCUT2D eigenvalue weighted by Crippen LogP contribution is -2.09. The summed E-state index contributed by atoms with van der Waals surface area (Å²) in [5, 5.41) is 0. The van der Waals surface area contributed by atoms with Crippen LogP contribution in [-0.4, -0.2) is 4.98 Å². The van der Waals surface area contributed by atoms with Crippen molar-refractivity contribution >= 4 is 0 Å². The summed E-state index contributed by atoms with van der Waals surface area (Å²) >= 11 is 0. The van der Waals surface area contributed by atoms with Crippen LogP contribution in [0.1, 0.15) is 5.56 Å². The molecule has 0 saturated heterocycles. The first-order valence-corrected chi connectivity index (χ1v) is 2.93. The Morgan fingerprint density at radius 1 is 1.55 bits per heavy atom. The summed E-state index contributed by atoms with van der Waals surface area (Å²) in [6, 6.07) is 2.66. The highest BCUT2D eigenvalue weighted by Crippen LogP contribution is 2.25. The number of nitrogens with zero attached hydrogens (tertiary/aromatic N) is 1. The number of rotatable bonds is 1. The topological polar surface area (TPSA) is 12.9 Å². The monoisotopic (exact) mass is 153 g/mol. The van der Waals surface area contributed by atoms with Crippen LogP contribution in [0, 0.1) is 12.3 Å². The molecule has 11 heavy (non-hydrogen) atoms. The van der Waals surface area contributed by atoms with Crippen LogP contribution in [0.4, 0.5) is 8.78 Å². The third kappa shape index (κ3) is 1.53. The van der Waals surface area contributed by atoms with Gasteiger partial charge in [-0.05, 0) is 18.1 Å². The average molecular weight is 153 g/mol. The maximum absolute atomic E-state index is 12.6. The molecule has 0 aromatic carbocycles. The van der Waals surface area contributed by atoms with Crippen molar-refractivity contribution < 1.29 is 8.78 Å². The van der Waals surface area contributed by atoms with Crippen molar-refractivity contribution in [2.24, 2.45) is 0 Å². The fourth-order valence-electron chi connectivity index (χ4n) is 0.632. The first-order valence-electron chi connectivity index (χ1n) is 2.93. The minimum atomic E-state index is -3.20. The summed E-state index contributed by atoms with van der Waals surface area (Å²) in [6.45, 7) is 0. The zero-order chi connectivity index (χ0) is 8.32. The molecule has 0 aliphatic rings. The van der Waals surface area contributed by atoms with E-state index in [2.05, 4.69) is 11.4 Å². The number of hydrogen-bond acceptors (Lipinski definition) is 1. The van der Waals surface area contributed by atoms with Crippen LogP contribution in [-0.2, 0) is 5.92 Å². The van der Waals surface area contributed by atoms with Gasteiger partial charge < -0.3 is 0 Å². The lowest BCUT2D eigenvalue weighted by molar-refractivity contribution is 0.0637. The van der Waals surface area contributed by atoms with E-state index < -0.39 is 5.92 Å². The smallest absolute Gasteiger partial charge is 0.264 e. The molecule has 1 heterocycles. The maximum atomic E-state index is 12.6. The average Bonchev–Trinajstić information content (AvgIpc) is 2.06. The van der Waals surface area contributed by atoms with E-state index in [1.165, 1.54) is 24.3 Å². The number of hydrogen-bond donors (Lipinski definition) is 0. The van der Waals surface area contributed by atoms with Crippen molar-refractivity contribution in [1.29, 1.82) is 0 Å². The molecule has 56 valence electrons. The van der Waals surface area contributed by atoms with Crippen LogP contribution in [0.25, 0.3) is 0 Å². The van der Waals surface area contributed by atoms with Crippen LogP contribution in [0.15, 0.2) is 24.5 Å². The highest BCUT2D eigenvalue weighted by molar-refractivity contribution is 5.23. The van der Waals surface area contributed by atoms with Crippen LogP contribution >= 0.6 is 0 Å². The van der Waals surface area contributed by atoms with Gasteiger partial charge >= 0.3 is 5.92 Å². The van der Waals surface area contributed by atoms with E-state index in [0.717, 1.165) is 6.20 Å². The summed E-state index contributed by atoms with van der Waals surface area (Å²) in [5.41, 5.74) is -0.248.